The molecule has 0 aliphatic heterocycles. The minimum Gasteiger partial charge on any atom is -0.233 e. The lowest BCUT2D eigenvalue weighted by atomic mass is 10.1. The summed E-state index contributed by atoms with van der Waals surface area (Å²) in [6.45, 7) is -6.71. The van der Waals surface area contributed by atoms with E-state index >= 15 is 0 Å². The van der Waals surface area contributed by atoms with Crippen molar-refractivity contribution in [3.63, 3.8) is 0 Å². The normalized spacial score (nSPS) is 27.6. The minimum absolute atomic E-state index is 0.222. The van der Waals surface area contributed by atoms with E-state index in [1.165, 1.54) is 0 Å². The summed E-state index contributed by atoms with van der Waals surface area (Å²) in [6, 6.07) is 0. The predicted molar refractivity (Wildman–Crippen MR) is 56.1 cm³/mol. The van der Waals surface area contributed by atoms with E-state index in [2.05, 4.69) is 36.8 Å². The molecule has 0 fully saturated rings. The van der Waals surface area contributed by atoms with E-state index in [-0.39, 0.29) is 4.60 Å². The van der Waals surface area contributed by atoms with E-state index in [4.69, 9.17) is 12.3 Å². The molecule has 0 saturated carbocycles. The number of hydrogen-bond acceptors (Lipinski definition) is 2. The first kappa shape index (κ1) is 3.07. The second kappa shape index (κ2) is 4.01. The van der Waals surface area contributed by atoms with E-state index in [0.717, 1.165) is 11.3 Å². The molecule has 0 amide bonds. The van der Waals surface area contributed by atoms with Gasteiger partial charge in [0.1, 0.15) is 8.39 Å². The predicted octanol–water partition coefficient (Wildman–Crippen LogP) is 3.87. The van der Waals surface area contributed by atoms with Gasteiger partial charge >= 0.3 is 0 Å². The van der Waals surface area contributed by atoms with Gasteiger partial charge in [-0.3, -0.25) is 0 Å². The monoisotopic (exact) mass is 306 g/mol. The van der Waals surface area contributed by atoms with E-state index in [1.807, 2.05) is 0 Å². The molecule has 0 spiro atoms. The molecular formula is C7H9Br2NS. The average molecular weight is 308 g/mol. The molecule has 1 aromatic rings. The number of thiazole rings is 1. The highest BCUT2D eigenvalue weighted by atomic mass is 79.9. The van der Waals surface area contributed by atoms with E-state index in [0.29, 0.717) is 3.79 Å². The van der Waals surface area contributed by atoms with Crippen LogP contribution in [0.2, 0.25) is 0 Å². The molecule has 4 heteroatoms. The van der Waals surface area contributed by atoms with Crippen LogP contribution in [0.4, 0.5) is 0 Å². The summed E-state index contributed by atoms with van der Waals surface area (Å²) in [6.07, 6.45) is -2.98. The van der Waals surface area contributed by atoms with E-state index in [9.17, 15) is 0 Å². The topological polar surface area (TPSA) is 12.9 Å². The fraction of sp³-hybridized carbons (Fsp3) is 0.571. The van der Waals surface area contributed by atoms with E-state index < -0.39 is 31.0 Å². The zero-order chi connectivity index (χ0) is 16.1. The van der Waals surface area contributed by atoms with Crippen LogP contribution in [0.1, 0.15) is 31.0 Å². The van der Waals surface area contributed by atoms with Gasteiger partial charge in [-0.25, -0.2) is 4.98 Å². The smallest absolute Gasteiger partial charge is 0.131 e. The summed E-state index contributed by atoms with van der Waals surface area (Å²) < 4.78 is 68.1. The molecule has 0 unspecified atom stereocenters. The quantitative estimate of drug-likeness (QED) is 0.808. The molecule has 62 valence electrons. The Labute approximate surface area is 100 Å². The lowest BCUT2D eigenvalue weighted by Gasteiger charge is -1.97. The van der Waals surface area contributed by atoms with Gasteiger partial charge in [0, 0.05) is 18.7 Å². The first-order valence-corrected chi connectivity index (χ1v) is 4.89. The molecule has 1 aromatic heterocycles. The Kier molecular flexibility index (Phi) is 1.12. The van der Waals surface area contributed by atoms with Crippen LogP contribution >= 0.6 is 43.2 Å². The van der Waals surface area contributed by atoms with Gasteiger partial charge < -0.3 is 0 Å². The minimum atomic E-state index is -3.35. The Morgan fingerprint density at radius 1 is 1.82 bits per heavy atom. The number of nitrogens with zero attached hydrogens (tertiary/aromatic N) is 1. The first-order valence-electron chi connectivity index (χ1n) is 6.98. The Morgan fingerprint density at radius 2 is 2.55 bits per heavy atom. The number of rotatable bonds is 2. The summed E-state index contributed by atoms with van der Waals surface area (Å²) in [5.74, 6) is -3.33. The van der Waals surface area contributed by atoms with Crippen molar-refractivity contribution in [2.75, 3.05) is 0 Å². The molecule has 11 heavy (non-hydrogen) atoms. The van der Waals surface area contributed by atoms with Crippen LogP contribution in [-0.4, -0.2) is 4.98 Å². The Hall–Kier alpha value is 0.590. The van der Waals surface area contributed by atoms with Gasteiger partial charge in [0.15, 0.2) is 0 Å². The summed E-state index contributed by atoms with van der Waals surface area (Å²) >= 11 is 6.84. The molecule has 0 bridgehead atoms. The second-order valence-corrected chi connectivity index (χ2v) is 4.65. The zero-order valence-corrected chi connectivity index (χ0v) is 9.10. The maximum absolute atomic E-state index is 7.91. The molecule has 1 rings (SSSR count). The third-order valence-electron chi connectivity index (χ3n) is 0.780. The van der Waals surface area contributed by atoms with Crippen LogP contribution in [0, 0.1) is 5.89 Å². The second-order valence-electron chi connectivity index (χ2n) is 1.58. The van der Waals surface area contributed by atoms with Crippen LogP contribution in [0.3, 0.4) is 0 Å². The highest BCUT2D eigenvalue weighted by Gasteiger charge is 2.06. The number of halogens is 2. The van der Waals surface area contributed by atoms with Gasteiger partial charge in [-0.1, -0.05) is 13.7 Å². The molecule has 1 nitrogen and oxygen atoms in total. The van der Waals surface area contributed by atoms with Gasteiger partial charge in [0.05, 0.1) is 5.01 Å². The van der Waals surface area contributed by atoms with Crippen molar-refractivity contribution in [1.29, 1.82) is 0 Å². The lowest BCUT2D eigenvalue weighted by molar-refractivity contribution is 0.644. The molecule has 1 heterocycles. The molecule has 0 aromatic carbocycles. The highest BCUT2D eigenvalue weighted by Crippen LogP contribution is 2.29. The molecule has 0 aliphatic carbocycles. The highest BCUT2D eigenvalue weighted by molar-refractivity contribution is 9.13. The van der Waals surface area contributed by atoms with Gasteiger partial charge in [-0.05, 0) is 37.8 Å². The molecule has 0 saturated heterocycles. The van der Waals surface area contributed by atoms with Crippen molar-refractivity contribution in [2.45, 2.75) is 20.1 Å². The van der Waals surface area contributed by atoms with Crippen LogP contribution in [-0.2, 0) is 6.37 Å². The van der Waals surface area contributed by atoms with Crippen LogP contribution in [0.5, 0.6) is 0 Å². The van der Waals surface area contributed by atoms with Crippen molar-refractivity contribution in [3.8, 4) is 0 Å². The maximum atomic E-state index is 7.91. The lowest BCUT2D eigenvalue weighted by Crippen LogP contribution is -1.91. The summed E-state index contributed by atoms with van der Waals surface area (Å²) in [7, 11) is 0. The molecule has 0 radical (unpaired) electrons. The average Bonchev–Trinajstić information content (AvgIpc) is 2.55. The molecule has 0 N–H and O–H groups in total. The largest absolute Gasteiger partial charge is 0.233 e. The van der Waals surface area contributed by atoms with E-state index in [1.54, 1.807) is 0 Å². The summed E-state index contributed by atoms with van der Waals surface area (Å²) in [5, 5.41) is -0.390. The van der Waals surface area contributed by atoms with Crippen molar-refractivity contribution >= 4 is 43.2 Å². The van der Waals surface area contributed by atoms with Gasteiger partial charge in [0.2, 0.25) is 0 Å². The number of hydrogen-bond donors (Lipinski definition) is 0. The third kappa shape index (κ3) is 2.84. The van der Waals surface area contributed by atoms with Crippen molar-refractivity contribution in [2.24, 2.45) is 5.89 Å². The molecule has 0 aliphatic rings. The molecule has 0 atom stereocenters. The Morgan fingerprint density at radius 3 is 3.00 bits per heavy atom. The first-order chi connectivity index (χ1) is 8.66. The third-order valence-corrected chi connectivity index (χ3v) is 3.77. The standard InChI is InChI=1S/C7H9Br2NS/c1-4(2)3-5-10-6(8)7(9)11-5/h4H,3H2,1-2H3/i1D3,2D3,3D2,4D. The van der Waals surface area contributed by atoms with Gasteiger partial charge in [-0.15, -0.1) is 11.3 Å². The van der Waals surface area contributed by atoms with Gasteiger partial charge in [0.25, 0.3) is 0 Å². The Balaban J connectivity index is 3.55. The fourth-order valence-electron chi connectivity index (χ4n) is 0.443. The van der Waals surface area contributed by atoms with Crippen LogP contribution in [0.25, 0.3) is 0 Å². The fourth-order valence-corrected chi connectivity index (χ4v) is 2.12. The zero-order valence-electron chi connectivity index (χ0n) is 14.1. The molecular weight excluding hydrogens is 290 g/mol. The number of aromatic nitrogens is 1. The van der Waals surface area contributed by atoms with Crippen molar-refractivity contribution < 1.29 is 12.3 Å². The Bertz CT molecular complexity index is 472. The summed E-state index contributed by atoms with van der Waals surface area (Å²) in [4.78, 5) is 3.77. The van der Waals surface area contributed by atoms with Crippen LogP contribution in [0.15, 0.2) is 8.39 Å². The van der Waals surface area contributed by atoms with Crippen LogP contribution < -0.4 is 0 Å². The maximum Gasteiger partial charge on any atom is 0.131 e. The van der Waals surface area contributed by atoms with Crippen molar-refractivity contribution in [3.05, 3.63) is 13.4 Å². The SMILES string of the molecule is [2H]C([2H])([2H])C([2H])(C([2H])([2H])[2H])C([2H])([2H])c1nc(Br)c(Br)s1. The van der Waals surface area contributed by atoms with Crippen molar-refractivity contribution in [1.82, 2.24) is 4.98 Å². The van der Waals surface area contributed by atoms with Gasteiger partial charge in [-0.2, -0.15) is 0 Å². The summed E-state index contributed by atoms with van der Waals surface area (Å²) in [5.41, 5.74) is 0.